The molecule has 1 atom stereocenters. The summed E-state index contributed by atoms with van der Waals surface area (Å²) < 4.78 is 49.7. The highest BCUT2D eigenvalue weighted by atomic mass is 19.4. The van der Waals surface area contributed by atoms with Gasteiger partial charge >= 0.3 is 6.18 Å². The van der Waals surface area contributed by atoms with E-state index in [1.165, 1.54) is 31.9 Å². The van der Waals surface area contributed by atoms with Gasteiger partial charge in [-0.3, -0.25) is 0 Å². The van der Waals surface area contributed by atoms with Crippen LogP contribution in [-0.2, 0) is 4.74 Å². The summed E-state index contributed by atoms with van der Waals surface area (Å²) in [6, 6.07) is 1.31. The van der Waals surface area contributed by atoms with Gasteiger partial charge in [0.25, 0.3) is 0 Å². The largest absolute Gasteiger partial charge is 0.494 e. The molecule has 0 spiro atoms. The van der Waals surface area contributed by atoms with Crippen LogP contribution < -0.4 is 4.74 Å². The third-order valence-electron chi connectivity index (χ3n) is 2.60. The second-order valence-electron chi connectivity index (χ2n) is 3.65. The molecule has 98 valence electrons. The van der Waals surface area contributed by atoms with Gasteiger partial charge < -0.3 is 13.9 Å². The smallest absolute Gasteiger partial charge is 0.418 e. The number of ether oxygens (including phenoxy) is 2. The normalized spacial score (nSPS) is 13.8. The fraction of sp³-hybridized carbons (Fsp3) is 0.364. The SMILES string of the molecule is COc1c(C(OC)C(F)(F)F)ccn2cncc12. The summed E-state index contributed by atoms with van der Waals surface area (Å²) in [5.74, 6) is 0.110. The topological polar surface area (TPSA) is 35.8 Å². The average molecular weight is 260 g/mol. The lowest BCUT2D eigenvalue weighted by molar-refractivity contribution is -0.216. The lowest BCUT2D eigenvalue weighted by atomic mass is 10.1. The van der Waals surface area contributed by atoms with Crippen molar-refractivity contribution in [1.82, 2.24) is 9.38 Å². The van der Waals surface area contributed by atoms with Gasteiger partial charge in [0, 0.05) is 18.9 Å². The van der Waals surface area contributed by atoms with Crippen molar-refractivity contribution in [2.45, 2.75) is 12.3 Å². The van der Waals surface area contributed by atoms with Gasteiger partial charge in [0.05, 0.1) is 19.6 Å². The first-order chi connectivity index (χ1) is 8.49. The maximum absolute atomic E-state index is 12.8. The number of alkyl halides is 3. The first kappa shape index (κ1) is 12.7. The van der Waals surface area contributed by atoms with Crippen molar-refractivity contribution in [1.29, 1.82) is 0 Å². The molecule has 0 aromatic carbocycles. The fourth-order valence-corrected chi connectivity index (χ4v) is 1.85. The van der Waals surface area contributed by atoms with Gasteiger partial charge in [-0.15, -0.1) is 0 Å². The predicted molar refractivity (Wildman–Crippen MR) is 57.5 cm³/mol. The molecule has 2 rings (SSSR count). The molecule has 1 unspecified atom stereocenters. The van der Waals surface area contributed by atoms with Gasteiger partial charge in [0.15, 0.2) is 11.9 Å². The van der Waals surface area contributed by atoms with Crippen molar-refractivity contribution >= 4 is 5.52 Å². The molecular weight excluding hydrogens is 249 g/mol. The van der Waals surface area contributed by atoms with Crippen molar-refractivity contribution in [3.05, 3.63) is 30.4 Å². The third kappa shape index (κ3) is 2.01. The quantitative estimate of drug-likeness (QED) is 0.851. The molecule has 0 amide bonds. The summed E-state index contributed by atoms with van der Waals surface area (Å²) in [4.78, 5) is 3.86. The van der Waals surface area contributed by atoms with Crippen LogP contribution in [0.1, 0.15) is 11.7 Å². The van der Waals surface area contributed by atoms with Gasteiger partial charge in [-0.1, -0.05) is 0 Å². The molecule has 2 heterocycles. The Hall–Kier alpha value is -1.76. The van der Waals surface area contributed by atoms with Gasteiger partial charge in [0.2, 0.25) is 0 Å². The lowest BCUT2D eigenvalue weighted by Gasteiger charge is -2.21. The standard InChI is InChI=1S/C11H11F3N2O2/c1-17-9-7(10(18-2)11(12,13)14)3-4-16-6-15-5-8(9)16/h3-6,10H,1-2H3. The van der Waals surface area contributed by atoms with E-state index >= 15 is 0 Å². The number of hydrogen-bond acceptors (Lipinski definition) is 3. The Bertz CT molecular complexity index is 551. The van der Waals surface area contributed by atoms with Gasteiger partial charge in [-0.2, -0.15) is 13.2 Å². The van der Waals surface area contributed by atoms with E-state index in [2.05, 4.69) is 9.72 Å². The van der Waals surface area contributed by atoms with Crippen LogP contribution in [0.5, 0.6) is 5.75 Å². The fourth-order valence-electron chi connectivity index (χ4n) is 1.85. The van der Waals surface area contributed by atoms with E-state index < -0.39 is 12.3 Å². The number of rotatable bonds is 3. The summed E-state index contributed by atoms with van der Waals surface area (Å²) >= 11 is 0. The van der Waals surface area contributed by atoms with Crippen molar-refractivity contribution in [2.75, 3.05) is 14.2 Å². The third-order valence-corrected chi connectivity index (χ3v) is 2.60. The van der Waals surface area contributed by atoms with Crippen molar-refractivity contribution in [2.24, 2.45) is 0 Å². The van der Waals surface area contributed by atoms with Crippen LogP contribution in [-0.4, -0.2) is 29.8 Å². The van der Waals surface area contributed by atoms with Gasteiger partial charge in [-0.25, -0.2) is 4.98 Å². The zero-order valence-electron chi connectivity index (χ0n) is 9.73. The highest BCUT2D eigenvalue weighted by Crippen LogP contribution is 2.40. The number of nitrogens with zero attached hydrogens (tertiary/aromatic N) is 2. The molecule has 0 N–H and O–H groups in total. The second-order valence-corrected chi connectivity index (χ2v) is 3.65. The molecule has 0 aliphatic heterocycles. The molecule has 2 aromatic rings. The minimum atomic E-state index is -4.50. The molecule has 0 radical (unpaired) electrons. The van der Waals surface area contributed by atoms with Crippen LogP contribution >= 0.6 is 0 Å². The van der Waals surface area contributed by atoms with E-state index in [1.54, 1.807) is 4.40 Å². The number of methoxy groups -OCH3 is 2. The van der Waals surface area contributed by atoms with E-state index in [0.29, 0.717) is 5.52 Å². The minimum absolute atomic E-state index is 0.0690. The van der Waals surface area contributed by atoms with Crippen LogP contribution in [0.4, 0.5) is 13.2 Å². The molecule has 18 heavy (non-hydrogen) atoms. The van der Waals surface area contributed by atoms with Crippen LogP contribution in [0.15, 0.2) is 24.8 Å². The number of fused-ring (bicyclic) bond motifs is 1. The molecule has 0 aliphatic rings. The van der Waals surface area contributed by atoms with Gasteiger partial charge in [0.1, 0.15) is 5.52 Å². The first-order valence-electron chi connectivity index (χ1n) is 5.07. The van der Waals surface area contributed by atoms with Crippen molar-refractivity contribution in [3.63, 3.8) is 0 Å². The monoisotopic (exact) mass is 260 g/mol. The Morgan fingerprint density at radius 1 is 1.33 bits per heavy atom. The molecular formula is C11H11F3N2O2. The summed E-state index contributed by atoms with van der Waals surface area (Å²) in [5, 5.41) is 0. The average Bonchev–Trinajstić information content (AvgIpc) is 2.75. The van der Waals surface area contributed by atoms with E-state index in [1.807, 2.05) is 0 Å². The Labute approximate surface area is 101 Å². The van der Waals surface area contributed by atoms with E-state index in [9.17, 15) is 13.2 Å². The zero-order valence-corrected chi connectivity index (χ0v) is 9.73. The minimum Gasteiger partial charge on any atom is -0.494 e. The molecule has 0 bridgehead atoms. The van der Waals surface area contributed by atoms with E-state index in [4.69, 9.17) is 4.74 Å². The molecule has 2 aromatic heterocycles. The summed E-state index contributed by atoms with van der Waals surface area (Å²) in [7, 11) is 2.33. The number of hydrogen-bond donors (Lipinski definition) is 0. The summed E-state index contributed by atoms with van der Waals surface area (Å²) in [6.07, 6.45) is -2.12. The number of imidazole rings is 1. The number of pyridine rings is 1. The highest BCUT2D eigenvalue weighted by molar-refractivity contribution is 5.62. The van der Waals surface area contributed by atoms with E-state index in [-0.39, 0.29) is 11.3 Å². The maximum atomic E-state index is 12.8. The summed E-state index contributed by atoms with van der Waals surface area (Å²) in [6.45, 7) is 0. The Balaban J connectivity index is 2.62. The maximum Gasteiger partial charge on any atom is 0.418 e. The first-order valence-corrected chi connectivity index (χ1v) is 5.07. The Morgan fingerprint density at radius 2 is 2.06 bits per heavy atom. The van der Waals surface area contributed by atoms with Gasteiger partial charge in [-0.05, 0) is 6.07 Å². The molecule has 7 heteroatoms. The highest BCUT2D eigenvalue weighted by Gasteiger charge is 2.43. The Morgan fingerprint density at radius 3 is 2.61 bits per heavy atom. The zero-order chi connectivity index (χ0) is 13.3. The Kier molecular flexibility index (Phi) is 3.16. The summed E-state index contributed by atoms with van der Waals surface area (Å²) in [5.41, 5.74) is 0.391. The predicted octanol–water partition coefficient (Wildman–Crippen LogP) is 2.59. The molecule has 0 fully saturated rings. The van der Waals surface area contributed by atoms with E-state index in [0.717, 1.165) is 7.11 Å². The lowest BCUT2D eigenvalue weighted by Crippen LogP contribution is -2.23. The number of halogens is 3. The second kappa shape index (κ2) is 4.49. The molecule has 0 aliphatic carbocycles. The van der Waals surface area contributed by atoms with Crippen LogP contribution in [0.25, 0.3) is 5.52 Å². The molecule has 0 saturated carbocycles. The van der Waals surface area contributed by atoms with Crippen molar-refractivity contribution in [3.8, 4) is 5.75 Å². The number of aromatic nitrogens is 2. The molecule has 4 nitrogen and oxygen atoms in total. The molecule has 0 saturated heterocycles. The van der Waals surface area contributed by atoms with Crippen LogP contribution in [0, 0.1) is 0 Å². The van der Waals surface area contributed by atoms with Crippen LogP contribution in [0.2, 0.25) is 0 Å². The van der Waals surface area contributed by atoms with Crippen molar-refractivity contribution < 1.29 is 22.6 Å². The van der Waals surface area contributed by atoms with Crippen LogP contribution in [0.3, 0.4) is 0 Å².